The Morgan fingerprint density at radius 1 is 1.25 bits per heavy atom. The monoisotopic (exact) mass is 287 g/mol. The van der Waals surface area contributed by atoms with Crippen LogP contribution >= 0.6 is 11.6 Å². The third kappa shape index (κ3) is 2.56. The van der Waals surface area contributed by atoms with Crippen molar-refractivity contribution in [1.29, 1.82) is 0 Å². The number of hydrogen-bond acceptors (Lipinski definition) is 3. The van der Waals surface area contributed by atoms with Crippen LogP contribution in [0, 0.1) is 0 Å². The van der Waals surface area contributed by atoms with Crippen molar-refractivity contribution in [3.05, 3.63) is 58.6 Å². The van der Waals surface area contributed by atoms with Crippen LogP contribution in [0.1, 0.15) is 15.9 Å². The molecule has 2 aromatic carbocycles. The van der Waals surface area contributed by atoms with Crippen LogP contribution in [-0.4, -0.2) is 18.0 Å². The number of hydrogen-bond donors (Lipinski definition) is 2. The number of carbonyl (C=O) groups is 1. The Bertz CT molecular complexity index is 660. The predicted molar refractivity (Wildman–Crippen MR) is 78.2 cm³/mol. The van der Waals surface area contributed by atoms with Crippen molar-refractivity contribution >= 4 is 35.8 Å². The van der Waals surface area contributed by atoms with Gasteiger partial charge in [-0.1, -0.05) is 17.7 Å². The van der Waals surface area contributed by atoms with E-state index in [-0.39, 0.29) is 5.91 Å². The second-order valence-electron chi connectivity index (χ2n) is 4.54. The van der Waals surface area contributed by atoms with E-state index in [0.717, 1.165) is 5.56 Å². The molecule has 0 spiro atoms. The lowest BCUT2D eigenvalue weighted by molar-refractivity contribution is 0.102. The molecule has 0 atom stereocenters. The molecule has 0 aromatic heterocycles. The third-order valence-electron chi connectivity index (χ3n) is 3.17. The fourth-order valence-electron chi connectivity index (χ4n) is 2.10. The largest absolute Gasteiger partial charge is 0.491 e. The molecule has 0 aliphatic carbocycles. The van der Waals surface area contributed by atoms with Gasteiger partial charge in [0, 0.05) is 16.3 Å². The second kappa shape index (κ2) is 5.29. The van der Waals surface area contributed by atoms with Gasteiger partial charge in [0.2, 0.25) is 0 Å². The van der Waals surface area contributed by atoms with Crippen molar-refractivity contribution in [1.82, 2.24) is 0 Å². The number of rotatable bonds is 2. The fourth-order valence-corrected chi connectivity index (χ4v) is 2.22. The Labute approximate surface area is 121 Å². The molecule has 0 saturated heterocycles. The third-order valence-corrected chi connectivity index (χ3v) is 3.42. The Morgan fingerprint density at radius 3 is 2.75 bits per heavy atom. The van der Waals surface area contributed by atoms with E-state index >= 15 is 0 Å². The molecule has 0 fully saturated rings. The standard InChI is InChI=1S/C14H11BClNO3/c16-11-4-1-9(2-5-11)14(18)17-12-6-3-10-8-20-15(19)13(10)7-12/h1-7,19H,8H2,(H,17,18). The maximum atomic E-state index is 12.1. The van der Waals surface area contributed by atoms with Crippen molar-refractivity contribution < 1.29 is 14.5 Å². The van der Waals surface area contributed by atoms with Crippen LogP contribution in [0.15, 0.2) is 42.5 Å². The van der Waals surface area contributed by atoms with Gasteiger partial charge in [0.05, 0.1) is 6.61 Å². The second-order valence-corrected chi connectivity index (χ2v) is 4.97. The van der Waals surface area contributed by atoms with E-state index in [1.807, 2.05) is 6.07 Å². The molecule has 4 nitrogen and oxygen atoms in total. The lowest BCUT2D eigenvalue weighted by atomic mass is 9.79. The van der Waals surface area contributed by atoms with Crippen molar-refractivity contribution in [3.8, 4) is 0 Å². The quantitative estimate of drug-likeness (QED) is 0.828. The van der Waals surface area contributed by atoms with E-state index < -0.39 is 7.12 Å². The molecule has 20 heavy (non-hydrogen) atoms. The first kappa shape index (κ1) is 13.2. The van der Waals surface area contributed by atoms with E-state index in [1.54, 1.807) is 36.4 Å². The summed E-state index contributed by atoms with van der Waals surface area (Å²) in [6, 6.07) is 12.0. The molecule has 1 aliphatic rings. The molecule has 3 rings (SSSR count). The Kier molecular flexibility index (Phi) is 3.48. The van der Waals surface area contributed by atoms with Crippen LogP contribution < -0.4 is 10.8 Å². The summed E-state index contributed by atoms with van der Waals surface area (Å²) in [7, 11) is -0.919. The summed E-state index contributed by atoms with van der Waals surface area (Å²) in [5.74, 6) is -0.227. The molecule has 1 heterocycles. The molecule has 100 valence electrons. The predicted octanol–water partition coefficient (Wildman–Crippen LogP) is 1.81. The SMILES string of the molecule is O=C(Nc1ccc2c(c1)B(O)OC2)c1ccc(Cl)cc1. The number of benzene rings is 2. The number of fused-ring (bicyclic) bond motifs is 1. The van der Waals surface area contributed by atoms with Crippen molar-refractivity contribution in [2.75, 3.05) is 5.32 Å². The van der Waals surface area contributed by atoms with Gasteiger partial charge < -0.3 is 15.0 Å². The van der Waals surface area contributed by atoms with E-state index in [4.69, 9.17) is 16.3 Å². The van der Waals surface area contributed by atoms with Gasteiger partial charge in [0.1, 0.15) is 0 Å². The van der Waals surface area contributed by atoms with Crippen LogP contribution in [0.2, 0.25) is 5.02 Å². The molecule has 1 amide bonds. The number of carbonyl (C=O) groups excluding carboxylic acids is 1. The van der Waals surface area contributed by atoms with Gasteiger partial charge in [-0.15, -0.1) is 0 Å². The van der Waals surface area contributed by atoms with E-state index in [1.165, 1.54) is 0 Å². The summed E-state index contributed by atoms with van der Waals surface area (Å²) in [5.41, 5.74) is 2.76. The Balaban J connectivity index is 1.79. The normalized spacial score (nSPS) is 13.2. The summed E-state index contributed by atoms with van der Waals surface area (Å²) >= 11 is 5.78. The van der Waals surface area contributed by atoms with Gasteiger partial charge in [-0.05, 0) is 47.4 Å². The summed E-state index contributed by atoms with van der Waals surface area (Å²) in [5, 5.41) is 13.0. The lowest BCUT2D eigenvalue weighted by Crippen LogP contribution is -2.28. The molecule has 2 N–H and O–H groups in total. The minimum atomic E-state index is -0.919. The van der Waals surface area contributed by atoms with Crippen LogP contribution in [0.5, 0.6) is 0 Å². The number of amides is 1. The van der Waals surface area contributed by atoms with Crippen LogP contribution in [-0.2, 0) is 11.3 Å². The van der Waals surface area contributed by atoms with E-state index in [9.17, 15) is 9.82 Å². The van der Waals surface area contributed by atoms with Crippen molar-refractivity contribution in [2.24, 2.45) is 0 Å². The first-order chi connectivity index (χ1) is 9.63. The molecule has 6 heteroatoms. The van der Waals surface area contributed by atoms with Gasteiger partial charge in [-0.25, -0.2) is 0 Å². The molecular formula is C14H11BClNO3. The molecule has 0 unspecified atom stereocenters. The number of halogens is 1. The van der Waals surface area contributed by atoms with Crippen LogP contribution in [0.4, 0.5) is 5.69 Å². The maximum absolute atomic E-state index is 12.1. The minimum absolute atomic E-state index is 0.227. The highest BCUT2D eigenvalue weighted by Gasteiger charge is 2.27. The topological polar surface area (TPSA) is 58.6 Å². The Hall–Kier alpha value is -1.82. The minimum Gasteiger partial charge on any atom is -0.423 e. The molecule has 0 saturated carbocycles. The van der Waals surface area contributed by atoms with Gasteiger partial charge in [0.15, 0.2) is 0 Å². The molecule has 0 bridgehead atoms. The van der Waals surface area contributed by atoms with Crippen LogP contribution in [0.3, 0.4) is 0 Å². The van der Waals surface area contributed by atoms with Gasteiger partial charge >= 0.3 is 7.12 Å². The van der Waals surface area contributed by atoms with Gasteiger partial charge in [-0.2, -0.15) is 0 Å². The molecular weight excluding hydrogens is 276 g/mol. The van der Waals surface area contributed by atoms with Crippen LogP contribution in [0.25, 0.3) is 0 Å². The molecule has 2 aromatic rings. The summed E-state index contributed by atoms with van der Waals surface area (Å²) in [6.07, 6.45) is 0. The molecule has 1 aliphatic heterocycles. The smallest absolute Gasteiger partial charge is 0.423 e. The fraction of sp³-hybridized carbons (Fsp3) is 0.0714. The maximum Gasteiger partial charge on any atom is 0.491 e. The Morgan fingerprint density at radius 2 is 2.00 bits per heavy atom. The highest BCUT2D eigenvalue weighted by Crippen LogP contribution is 2.16. The summed E-state index contributed by atoms with van der Waals surface area (Å²) in [4.78, 5) is 12.1. The van der Waals surface area contributed by atoms with Gasteiger partial charge in [-0.3, -0.25) is 4.79 Å². The summed E-state index contributed by atoms with van der Waals surface area (Å²) < 4.78 is 5.11. The van der Waals surface area contributed by atoms with Crippen molar-refractivity contribution in [3.63, 3.8) is 0 Å². The number of anilines is 1. The lowest BCUT2D eigenvalue weighted by Gasteiger charge is -2.07. The van der Waals surface area contributed by atoms with Crippen molar-refractivity contribution in [2.45, 2.75) is 6.61 Å². The first-order valence-electron chi connectivity index (χ1n) is 6.13. The average Bonchev–Trinajstić information content (AvgIpc) is 2.81. The number of nitrogens with one attached hydrogen (secondary N) is 1. The van der Waals surface area contributed by atoms with E-state index in [0.29, 0.717) is 28.3 Å². The zero-order valence-corrected chi connectivity index (χ0v) is 11.2. The highest BCUT2D eigenvalue weighted by molar-refractivity contribution is 6.61. The summed E-state index contributed by atoms with van der Waals surface area (Å²) in [6.45, 7) is 0.391. The van der Waals surface area contributed by atoms with Gasteiger partial charge in [0.25, 0.3) is 5.91 Å². The first-order valence-corrected chi connectivity index (χ1v) is 6.51. The molecule has 0 radical (unpaired) electrons. The zero-order chi connectivity index (χ0) is 14.1. The highest BCUT2D eigenvalue weighted by atomic mass is 35.5. The zero-order valence-electron chi connectivity index (χ0n) is 10.5. The average molecular weight is 288 g/mol. The van der Waals surface area contributed by atoms with E-state index in [2.05, 4.69) is 5.32 Å².